The summed E-state index contributed by atoms with van der Waals surface area (Å²) in [5.41, 5.74) is 4.92. The summed E-state index contributed by atoms with van der Waals surface area (Å²) in [4.78, 5) is 0. The first kappa shape index (κ1) is 15.2. The Kier molecular flexibility index (Phi) is 6.60. The maximum Gasteiger partial charge on any atom is 0.187 e. The number of methoxy groups -OCH3 is 1. The van der Waals surface area contributed by atoms with E-state index in [0.717, 1.165) is 17.9 Å². The Morgan fingerprint density at radius 3 is 2.68 bits per heavy atom. The minimum Gasteiger partial charge on any atom is -0.497 e. The first-order valence-electron chi connectivity index (χ1n) is 5.96. The van der Waals surface area contributed by atoms with Gasteiger partial charge in [0.1, 0.15) is 5.75 Å². The molecule has 0 saturated heterocycles. The lowest BCUT2D eigenvalue weighted by Crippen LogP contribution is -2.32. The van der Waals surface area contributed by atoms with Crippen molar-refractivity contribution < 1.29 is 4.74 Å². The Bertz CT molecular complexity index is 454. The molecule has 0 amide bonds. The molecule has 0 atom stereocenters. The first-order chi connectivity index (χ1) is 9.15. The summed E-state index contributed by atoms with van der Waals surface area (Å²) in [7, 11) is 1.66. The monoisotopic (exact) mass is 277 g/mol. The van der Waals surface area contributed by atoms with E-state index < -0.39 is 0 Å². The van der Waals surface area contributed by atoms with Gasteiger partial charge < -0.3 is 10.1 Å². The highest BCUT2D eigenvalue weighted by molar-refractivity contribution is 7.80. The molecule has 0 saturated carbocycles. The van der Waals surface area contributed by atoms with Crippen LogP contribution in [0.25, 0.3) is 0 Å². The van der Waals surface area contributed by atoms with E-state index >= 15 is 0 Å². The van der Waals surface area contributed by atoms with Gasteiger partial charge in [0.05, 0.1) is 7.11 Å². The number of thiocarbonyl (C=S) groups is 1. The van der Waals surface area contributed by atoms with Gasteiger partial charge in [-0.15, -0.1) is 6.58 Å². The maximum absolute atomic E-state index is 5.11. The average Bonchev–Trinajstić information content (AvgIpc) is 2.43. The molecule has 1 aromatic carbocycles. The molecule has 0 aliphatic heterocycles. The first-order valence-corrected chi connectivity index (χ1v) is 6.37. The van der Waals surface area contributed by atoms with E-state index in [9.17, 15) is 0 Å². The van der Waals surface area contributed by atoms with E-state index in [-0.39, 0.29) is 0 Å². The molecule has 5 heteroatoms. The van der Waals surface area contributed by atoms with Gasteiger partial charge in [-0.05, 0) is 36.8 Å². The van der Waals surface area contributed by atoms with Gasteiger partial charge in [-0.3, -0.25) is 5.43 Å². The van der Waals surface area contributed by atoms with Crippen LogP contribution in [0.4, 0.5) is 0 Å². The van der Waals surface area contributed by atoms with Crippen molar-refractivity contribution >= 4 is 23.0 Å². The molecule has 0 aliphatic carbocycles. The van der Waals surface area contributed by atoms with Crippen LogP contribution in [0.15, 0.2) is 42.0 Å². The summed E-state index contributed by atoms with van der Waals surface area (Å²) < 4.78 is 5.11. The maximum atomic E-state index is 5.11. The topological polar surface area (TPSA) is 45.7 Å². The van der Waals surface area contributed by atoms with Gasteiger partial charge in [-0.25, -0.2) is 0 Å². The van der Waals surface area contributed by atoms with Crippen molar-refractivity contribution in [1.82, 2.24) is 10.7 Å². The number of rotatable bonds is 6. The zero-order valence-corrected chi connectivity index (χ0v) is 12.1. The molecule has 102 valence electrons. The molecule has 1 rings (SSSR count). The largest absolute Gasteiger partial charge is 0.497 e. The fourth-order valence-electron chi connectivity index (χ4n) is 1.43. The van der Waals surface area contributed by atoms with Crippen LogP contribution in [0.1, 0.15) is 12.5 Å². The van der Waals surface area contributed by atoms with Gasteiger partial charge >= 0.3 is 0 Å². The Morgan fingerprint density at radius 1 is 1.42 bits per heavy atom. The van der Waals surface area contributed by atoms with Crippen LogP contribution in [0.2, 0.25) is 0 Å². The van der Waals surface area contributed by atoms with Gasteiger partial charge in [0, 0.05) is 18.7 Å². The molecular formula is C14H19N3OS. The number of nitrogens with zero attached hydrogens (tertiary/aromatic N) is 1. The molecule has 0 fully saturated rings. The number of benzene rings is 1. The van der Waals surface area contributed by atoms with Gasteiger partial charge in [0.15, 0.2) is 5.11 Å². The quantitative estimate of drug-likeness (QED) is 0.362. The number of hydrogen-bond donors (Lipinski definition) is 2. The Morgan fingerprint density at radius 2 is 2.11 bits per heavy atom. The van der Waals surface area contributed by atoms with Gasteiger partial charge in [0.2, 0.25) is 0 Å². The van der Waals surface area contributed by atoms with Crippen LogP contribution >= 0.6 is 12.2 Å². The molecule has 19 heavy (non-hydrogen) atoms. The predicted octanol–water partition coefficient (Wildman–Crippen LogP) is 2.26. The Labute approximate surface area is 119 Å². The summed E-state index contributed by atoms with van der Waals surface area (Å²) in [5, 5.41) is 7.65. The van der Waals surface area contributed by atoms with E-state index in [1.165, 1.54) is 5.56 Å². The predicted molar refractivity (Wildman–Crippen MR) is 83.7 cm³/mol. The highest BCUT2D eigenvalue weighted by Crippen LogP contribution is 2.11. The summed E-state index contributed by atoms with van der Waals surface area (Å²) in [6, 6.07) is 7.91. The van der Waals surface area contributed by atoms with Crippen molar-refractivity contribution in [1.29, 1.82) is 0 Å². The number of ether oxygens (including phenoxy) is 1. The van der Waals surface area contributed by atoms with Crippen LogP contribution < -0.4 is 15.5 Å². The lowest BCUT2D eigenvalue weighted by atomic mass is 10.1. The van der Waals surface area contributed by atoms with E-state index in [1.54, 1.807) is 13.2 Å². The third kappa shape index (κ3) is 6.01. The van der Waals surface area contributed by atoms with Crippen molar-refractivity contribution in [2.75, 3.05) is 13.7 Å². The lowest BCUT2D eigenvalue weighted by molar-refractivity contribution is 0.414. The van der Waals surface area contributed by atoms with Crippen LogP contribution in [0, 0.1) is 0 Å². The highest BCUT2D eigenvalue weighted by atomic mass is 32.1. The number of nitrogens with one attached hydrogen (secondary N) is 2. The Hall–Kier alpha value is -1.88. The van der Waals surface area contributed by atoms with Gasteiger partial charge in [-0.1, -0.05) is 18.2 Å². The summed E-state index contributed by atoms with van der Waals surface area (Å²) in [5.74, 6) is 0.853. The smallest absolute Gasteiger partial charge is 0.187 e. The van der Waals surface area contributed by atoms with Crippen molar-refractivity contribution in [3.8, 4) is 5.75 Å². The van der Waals surface area contributed by atoms with Crippen LogP contribution in [0.5, 0.6) is 5.75 Å². The molecule has 0 bridgehead atoms. The second kappa shape index (κ2) is 8.26. The molecule has 0 spiro atoms. The zero-order chi connectivity index (χ0) is 14.1. The van der Waals surface area contributed by atoms with Crippen LogP contribution in [-0.2, 0) is 6.42 Å². The minimum atomic E-state index is 0.494. The molecule has 1 aromatic rings. The average molecular weight is 277 g/mol. The molecule has 0 aliphatic rings. The van der Waals surface area contributed by atoms with Crippen molar-refractivity contribution in [3.05, 3.63) is 42.5 Å². The molecule has 0 aromatic heterocycles. The van der Waals surface area contributed by atoms with Crippen molar-refractivity contribution in [3.63, 3.8) is 0 Å². The van der Waals surface area contributed by atoms with E-state index in [0.29, 0.717) is 11.7 Å². The SMILES string of the molecule is C=CCNC(=S)N/N=C(/C)Cc1ccc(OC)cc1. The molecule has 0 radical (unpaired) electrons. The number of hydrogen-bond acceptors (Lipinski definition) is 3. The van der Waals surface area contributed by atoms with E-state index in [2.05, 4.69) is 22.4 Å². The van der Waals surface area contributed by atoms with Crippen molar-refractivity contribution in [2.45, 2.75) is 13.3 Å². The van der Waals surface area contributed by atoms with Crippen molar-refractivity contribution in [2.24, 2.45) is 5.10 Å². The van der Waals surface area contributed by atoms with Crippen LogP contribution in [0.3, 0.4) is 0 Å². The third-order valence-corrected chi connectivity index (χ3v) is 2.61. The number of hydrazone groups is 1. The standard InChI is InChI=1S/C14H19N3OS/c1-4-9-15-14(19)17-16-11(2)10-12-5-7-13(18-3)8-6-12/h4-8H,1,9-10H2,2-3H3,(H2,15,17,19)/b16-11-. The molecule has 2 N–H and O–H groups in total. The third-order valence-electron chi connectivity index (χ3n) is 2.37. The summed E-state index contributed by atoms with van der Waals surface area (Å²) in [6.07, 6.45) is 2.50. The molecule has 4 nitrogen and oxygen atoms in total. The fourth-order valence-corrected chi connectivity index (χ4v) is 1.56. The van der Waals surface area contributed by atoms with Gasteiger partial charge in [0.25, 0.3) is 0 Å². The highest BCUT2D eigenvalue weighted by Gasteiger charge is 1.98. The lowest BCUT2D eigenvalue weighted by Gasteiger charge is -2.06. The normalized spacial score (nSPS) is 10.7. The molecular weight excluding hydrogens is 258 g/mol. The van der Waals surface area contributed by atoms with E-state index in [1.807, 2.05) is 31.2 Å². The van der Waals surface area contributed by atoms with Gasteiger partial charge in [-0.2, -0.15) is 5.10 Å². The van der Waals surface area contributed by atoms with Crippen LogP contribution in [-0.4, -0.2) is 24.5 Å². The van der Waals surface area contributed by atoms with E-state index in [4.69, 9.17) is 17.0 Å². The second-order valence-electron chi connectivity index (χ2n) is 3.98. The summed E-state index contributed by atoms with van der Waals surface area (Å²) >= 11 is 5.04. The molecule has 0 unspecified atom stereocenters. The Balaban J connectivity index is 2.46. The zero-order valence-electron chi connectivity index (χ0n) is 11.3. The second-order valence-corrected chi connectivity index (χ2v) is 4.39. The summed E-state index contributed by atoms with van der Waals surface area (Å²) in [6.45, 7) is 6.18. The minimum absolute atomic E-state index is 0.494. The molecule has 0 heterocycles. The fraction of sp³-hybridized carbons (Fsp3) is 0.286.